The third kappa shape index (κ3) is 4.47. The molecule has 2 aromatic carbocycles. The molecular formula is C20H17N5O4S2. The maximum Gasteiger partial charge on any atom is 0.264 e. The molecule has 0 amide bonds. The van der Waals surface area contributed by atoms with E-state index in [2.05, 4.69) is 24.4 Å². The van der Waals surface area contributed by atoms with E-state index in [4.69, 9.17) is 0 Å². The summed E-state index contributed by atoms with van der Waals surface area (Å²) < 4.78 is 55.6. The van der Waals surface area contributed by atoms with Crippen LogP contribution in [0.4, 0.5) is 11.6 Å². The number of hydrogen-bond acceptors (Lipinski definition) is 7. The fourth-order valence-electron chi connectivity index (χ4n) is 2.92. The monoisotopic (exact) mass is 455 g/mol. The van der Waals surface area contributed by atoms with Crippen molar-refractivity contribution in [3.05, 3.63) is 78.9 Å². The van der Waals surface area contributed by atoms with E-state index in [9.17, 15) is 16.8 Å². The van der Waals surface area contributed by atoms with Crippen LogP contribution in [0.25, 0.3) is 10.8 Å². The van der Waals surface area contributed by atoms with Crippen molar-refractivity contribution in [2.24, 2.45) is 0 Å². The Morgan fingerprint density at radius 1 is 0.806 bits per heavy atom. The number of rotatable bonds is 6. The molecule has 2 N–H and O–H groups in total. The molecule has 0 spiro atoms. The molecule has 158 valence electrons. The van der Waals surface area contributed by atoms with Crippen LogP contribution < -0.4 is 9.44 Å². The normalized spacial score (nSPS) is 11.9. The Kier molecular flexibility index (Phi) is 5.29. The molecule has 0 unspecified atom stereocenters. The Labute approximate surface area is 179 Å². The fraction of sp³-hybridized carbons (Fsp3) is 0.0500. The number of aryl methyl sites for hydroxylation is 1. The Bertz CT molecular complexity index is 1470. The van der Waals surface area contributed by atoms with Crippen LogP contribution in [0, 0.1) is 6.92 Å². The Hall–Kier alpha value is -3.57. The van der Waals surface area contributed by atoms with Crippen LogP contribution in [0.3, 0.4) is 0 Å². The first-order valence-electron chi connectivity index (χ1n) is 9.03. The molecule has 0 aliphatic heterocycles. The number of aromatic nitrogens is 3. The molecular weight excluding hydrogens is 438 g/mol. The van der Waals surface area contributed by atoms with E-state index < -0.39 is 20.0 Å². The highest BCUT2D eigenvalue weighted by Crippen LogP contribution is 2.25. The van der Waals surface area contributed by atoms with Crippen LogP contribution in [-0.4, -0.2) is 31.8 Å². The van der Waals surface area contributed by atoms with Gasteiger partial charge in [0.15, 0.2) is 0 Å². The molecule has 0 atom stereocenters. The van der Waals surface area contributed by atoms with Crippen molar-refractivity contribution in [2.75, 3.05) is 9.44 Å². The van der Waals surface area contributed by atoms with Gasteiger partial charge in [0.05, 0.1) is 9.79 Å². The zero-order chi connectivity index (χ0) is 22.1. The van der Waals surface area contributed by atoms with Gasteiger partial charge in [0, 0.05) is 40.7 Å². The van der Waals surface area contributed by atoms with Gasteiger partial charge in [0.1, 0.15) is 0 Å². The molecule has 11 heteroatoms. The average molecular weight is 456 g/mol. The lowest BCUT2D eigenvalue weighted by Gasteiger charge is -2.11. The van der Waals surface area contributed by atoms with Crippen LogP contribution in [-0.2, 0) is 20.0 Å². The lowest BCUT2D eigenvalue weighted by atomic mass is 10.2. The minimum atomic E-state index is -3.93. The zero-order valence-electron chi connectivity index (χ0n) is 16.2. The predicted octanol–water partition coefficient (Wildman–Crippen LogP) is 2.93. The summed E-state index contributed by atoms with van der Waals surface area (Å²) in [7, 11) is -7.84. The van der Waals surface area contributed by atoms with Crippen molar-refractivity contribution in [3.8, 4) is 0 Å². The molecule has 31 heavy (non-hydrogen) atoms. The average Bonchev–Trinajstić information content (AvgIpc) is 2.73. The summed E-state index contributed by atoms with van der Waals surface area (Å²) in [5.74, 6) is -0.0461. The first kappa shape index (κ1) is 20.7. The van der Waals surface area contributed by atoms with Crippen molar-refractivity contribution in [2.45, 2.75) is 16.7 Å². The summed E-state index contributed by atoms with van der Waals surface area (Å²) in [5.41, 5.74) is 0.832. The number of nitrogens with one attached hydrogen (secondary N) is 2. The Balaban J connectivity index is 1.58. The van der Waals surface area contributed by atoms with E-state index in [0.29, 0.717) is 16.5 Å². The van der Waals surface area contributed by atoms with Crippen LogP contribution in [0.2, 0.25) is 0 Å². The van der Waals surface area contributed by atoms with Gasteiger partial charge >= 0.3 is 0 Å². The lowest BCUT2D eigenvalue weighted by molar-refractivity contribution is 0.600. The van der Waals surface area contributed by atoms with Crippen molar-refractivity contribution < 1.29 is 16.8 Å². The number of nitrogens with zero attached hydrogens (tertiary/aromatic N) is 3. The maximum atomic E-state index is 12.9. The lowest BCUT2D eigenvalue weighted by Crippen LogP contribution is -2.16. The molecule has 4 rings (SSSR count). The number of hydrogen-bond donors (Lipinski definition) is 2. The SMILES string of the molecule is Cc1ccnc(NS(=O)(=O)c2ccc(NS(=O)(=O)c3cccc4cnccc34)cc2)n1. The molecule has 0 bridgehead atoms. The second kappa shape index (κ2) is 7.93. The van der Waals surface area contributed by atoms with Crippen LogP contribution in [0.15, 0.2) is 83.0 Å². The number of pyridine rings is 1. The summed E-state index contributed by atoms with van der Waals surface area (Å²) in [6.07, 6.45) is 4.55. The highest BCUT2D eigenvalue weighted by molar-refractivity contribution is 7.93. The van der Waals surface area contributed by atoms with Gasteiger partial charge in [-0.15, -0.1) is 0 Å². The van der Waals surface area contributed by atoms with E-state index >= 15 is 0 Å². The molecule has 4 aromatic rings. The molecule has 0 saturated heterocycles. The fourth-order valence-corrected chi connectivity index (χ4v) is 5.16. The summed E-state index contributed by atoms with van der Waals surface area (Å²) in [5, 5.41) is 1.22. The zero-order valence-corrected chi connectivity index (χ0v) is 17.9. The topological polar surface area (TPSA) is 131 Å². The molecule has 2 heterocycles. The summed E-state index contributed by atoms with van der Waals surface area (Å²) >= 11 is 0. The Morgan fingerprint density at radius 2 is 1.58 bits per heavy atom. The van der Waals surface area contributed by atoms with E-state index in [1.165, 1.54) is 42.7 Å². The molecule has 0 aliphatic carbocycles. The van der Waals surface area contributed by atoms with Crippen molar-refractivity contribution in [3.63, 3.8) is 0 Å². The van der Waals surface area contributed by atoms with Crippen molar-refractivity contribution in [1.29, 1.82) is 0 Å². The third-order valence-electron chi connectivity index (χ3n) is 4.37. The Morgan fingerprint density at radius 3 is 2.32 bits per heavy atom. The van der Waals surface area contributed by atoms with Gasteiger partial charge in [0.25, 0.3) is 20.0 Å². The van der Waals surface area contributed by atoms with Crippen LogP contribution in [0.1, 0.15) is 5.69 Å². The summed E-state index contributed by atoms with van der Waals surface area (Å²) in [6, 6.07) is 13.5. The van der Waals surface area contributed by atoms with Crippen LogP contribution in [0.5, 0.6) is 0 Å². The molecule has 0 saturated carbocycles. The molecule has 9 nitrogen and oxygen atoms in total. The van der Waals surface area contributed by atoms with Gasteiger partial charge in [-0.1, -0.05) is 12.1 Å². The van der Waals surface area contributed by atoms with E-state index in [0.717, 1.165) is 0 Å². The van der Waals surface area contributed by atoms with Gasteiger partial charge in [-0.05, 0) is 49.4 Å². The first-order valence-corrected chi connectivity index (χ1v) is 12.0. The van der Waals surface area contributed by atoms with Gasteiger partial charge in [-0.2, -0.15) is 0 Å². The summed E-state index contributed by atoms with van der Waals surface area (Å²) in [6.45, 7) is 1.72. The van der Waals surface area contributed by atoms with E-state index in [-0.39, 0.29) is 21.4 Å². The van der Waals surface area contributed by atoms with Gasteiger partial charge in [-0.25, -0.2) is 31.5 Å². The van der Waals surface area contributed by atoms with Gasteiger partial charge < -0.3 is 0 Å². The summed E-state index contributed by atoms with van der Waals surface area (Å²) in [4.78, 5) is 11.9. The second-order valence-electron chi connectivity index (χ2n) is 6.61. The smallest absolute Gasteiger partial charge is 0.264 e. The third-order valence-corrected chi connectivity index (χ3v) is 7.15. The van der Waals surface area contributed by atoms with Crippen LogP contribution >= 0.6 is 0 Å². The van der Waals surface area contributed by atoms with E-state index in [1.807, 2.05) is 0 Å². The molecule has 2 aromatic heterocycles. The number of anilines is 2. The standard InChI is InChI=1S/C20H17N5O4S2/c1-14-9-12-22-20(23-14)25-30(26,27)17-7-5-16(6-8-17)24-31(28,29)19-4-2-3-15-13-21-11-10-18(15)19/h2-13,24H,1H3,(H,22,23,25). The second-order valence-corrected chi connectivity index (χ2v) is 9.94. The maximum absolute atomic E-state index is 12.9. The first-order chi connectivity index (χ1) is 14.7. The molecule has 0 fully saturated rings. The van der Waals surface area contributed by atoms with Crippen molar-refractivity contribution >= 4 is 42.5 Å². The minimum absolute atomic E-state index is 0.0461. The number of benzene rings is 2. The van der Waals surface area contributed by atoms with Crippen molar-refractivity contribution in [1.82, 2.24) is 15.0 Å². The number of fused-ring (bicyclic) bond motifs is 1. The highest BCUT2D eigenvalue weighted by Gasteiger charge is 2.19. The largest absolute Gasteiger partial charge is 0.280 e. The highest BCUT2D eigenvalue weighted by atomic mass is 32.2. The van der Waals surface area contributed by atoms with Gasteiger partial charge in [-0.3, -0.25) is 9.71 Å². The molecule has 0 aliphatic rings. The van der Waals surface area contributed by atoms with E-state index in [1.54, 1.807) is 37.4 Å². The number of sulfonamides is 2. The quantitative estimate of drug-likeness (QED) is 0.457. The molecule has 0 radical (unpaired) electrons. The minimum Gasteiger partial charge on any atom is -0.280 e. The van der Waals surface area contributed by atoms with Gasteiger partial charge in [0.2, 0.25) is 5.95 Å². The predicted molar refractivity (Wildman–Crippen MR) is 117 cm³/mol.